The molecule has 43 heavy (non-hydrogen) atoms. The van der Waals surface area contributed by atoms with Crippen LogP contribution in [0.3, 0.4) is 0 Å². The van der Waals surface area contributed by atoms with Crippen LogP contribution < -0.4 is 15.4 Å². The number of rotatable bonds is 9. The van der Waals surface area contributed by atoms with Gasteiger partial charge in [0.15, 0.2) is 11.6 Å². The van der Waals surface area contributed by atoms with E-state index < -0.39 is 16.9 Å². The summed E-state index contributed by atoms with van der Waals surface area (Å²) in [4.78, 5) is 27.3. The van der Waals surface area contributed by atoms with E-state index in [9.17, 15) is 9.00 Å². The number of carbonyl (C=O) groups is 1. The highest BCUT2D eigenvalue weighted by Gasteiger charge is 2.51. The lowest BCUT2D eigenvalue weighted by molar-refractivity contribution is 0.0205. The van der Waals surface area contributed by atoms with E-state index in [0.29, 0.717) is 35.1 Å². The lowest BCUT2D eigenvalue weighted by Gasteiger charge is -2.55. The molecule has 2 N–H and O–H groups in total. The largest absolute Gasteiger partial charge is 0.496 e. The Morgan fingerprint density at radius 2 is 1.91 bits per heavy atom. The van der Waals surface area contributed by atoms with E-state index in [0.717, 1.165) is 48.0 Å². The Kier molecular flexibility index (Phi) is 9.20. The van der Waals surface area contributed by atoms with Crippen molar-refractivity contribution in [3.63, 3.8) is 0 Å². The first-order valence-electron chi connectivity index (χ1n) is 14.1. The molecule has 2 aliphatic heterocycles. The van der Waals surface area contributed by atoms with Gasteiger partial charge >= 0.3 is 6.09 Å². The van der Waals surface area contributed by atoms with Crippen molar-refractivity contribution in [1.29, 1.82) is 0 Å². The van der Waals surface area contributed by atoms with Gasteiger partial charge in [0, 0.05) is 59.8 Å². The molecular weight excluding hydrogens is 574 g/mol. The summed E-state index contributed by atoms with van der Waals surface area (Å²) in [5.41, 5.74) is 3.51. The van der Waals surface area contributed by atoms with Gasteiger partial charge in [0.25, 0.3) is 0 Å². The maximum absolute atomic E-state index is 11.8. The van der Waals surface area contributed by atoms with Crippen LogP contribution in [-0.4, -0.2) is 83.9 Å². The zero-order valence-corrected chi connectivity index (χ0v) is 25.9. The molecule has 0 radical (unpaired) electrons. The Labute approximate surface area is 252 Å². The molecule has 2 saturated heterocycles. The maximum atomic E-state index is 11.8. The van der Waals surface area contributed by atoms with Gasteiger partial charge in [-0.1, -0.05) is 37.6 Å². The van der Waals surface area contributed by atoms with Crippen LogP contribution in [0.15, 0.2) is 28.9 Å². The number of likely N-dealkylation sites (tertiary alicyclic amines) is 1. The van der Waals surface area contributed by atoms with Crippen molar-refractivity contribution in [3.8, 4) is 5.75 Å². The summed E-state index contributed by atoms with van der Waals surface area (Å²) in [7, 11) is 2.29. The number of fused-ring (bicyclic) bond motifs is 1. The van der Waals surface area contributed by atoms with Gasteiger partial charge in [0.1, 0.15) is 16.8 Å². The van der Waals surface area contributed by atoms with E-state index in [2.05, 4.69) is 71.5 Å². The van der Waals surface area contributed by atoms with Crippen LogP contribution in [0.1, 0.15) is 43.1 Å². The van der Waals surface area contributed by atoms with Gasteiger partial charge < -0.3 is 19.3 Å². The molecule has 2 fully saturated rings. The Morgan fingerprint density at radius 3 is 2.56 bits per heavy atom. The normalized spacial score (nSPS) is 15.7. The number of anilines is 2. The first-order valence-corrected chi connectivity index (χ1v) is 15.6. The summed E-state index contributed by atoms with van der Waals surface area (Å²) < 4.78 is 28.8. The number of hydrogen-bond donors (Lipinski definition) is 2. The first-order chi connectivity index (χ1) is 20.7. The fraction of sp³-hybridized carbons (Fsp3) is 0.500. The van der Waals surface area contributed by atoms with E-state index in [1.165, 1.54) is 13.5 Å². The second-order valence-corrected chi connectivity index (χ2v) is 12.3. The molecule has 14 nitrogen and oxygen atoms in total. The molecule has 0 unspecified atom stereocenters. The maximum Gasteiger partial charge on any atom is 0.413 e. The van der Waals surface area contributed by atoms with Crippen molar-refractivity contribution < 1.29 is 23.0 Å². The van der Waals surface area contributed by atoms with Gasteiger partial charge in [-0.3, -0.25) is 19.1 Å². The number of benzene rings is 1. The lowest BCUT2D eigenvalue weighted by atomic mass is 9.82. The summed E-state index contributed by atoms with van der Waals surface area (Å²) in [5, 5.41) is 14.2. The summed E-state index contributed by atoms with van der Waals surface area (Å²) in [5.74, 6) is 3.81. The second kappa shape index (κ2) is 13.0. The third-order valence-corrected chi connectivity index (χ3v) is 8.87. The number of nitrogens with one attached hydrogen (secondary N) is 2. The van der Waals surface area contributed by atoms with E-state index in [1.54, 1.807) is 24.9 Å². The topological polar surface area (TPSA) is 162 Å². The number of nitrogens with zero attached hydrogens (tertiary/aromatic N) is 7. The molecule has 2 aliphatic rings. The molecule has 5 heterocycles. The zero-order valence-electron chi connectivity index (χ0n) is 25.0. The molecule has 4 aromatic rings. The molecule has 0 saturated carbocycles. The summed E-state index contributed by atoms with van der Waals surface area (Å²) in [6.07, 6.45) is 2.17. The van der Waals surface area contributed by atoms with Crippen molar-refractivity contribution in [1.82, 2.24) is 34.8 Å². The second-order valence-electron chi connectivity index (χ2n) is 10.9. The van der Waals surface area contributed by atoms with Gasteiger partial charge in [-0.25, -0.2) is 9.78 Å². The van der Waals surface area contributed by atoms with Crippen LogP contribution in [0.4, 0.5) is 16.6 Å². The van der Waals surface area contributed by atoms with Crippen LogP contribution in [0.5, 0.6) is 5.75 Å². The zero-order chi connectivity index (χ0) is 30.6. The van der Waals surface area contributed by atoms with Crippen LogP contribution in [0.2, 0.25) is 0 Å². The predicted octanol–water partition coefficient (Wildman–Crippen LogP) is 3.35. The van der Waals surface area contributed by atoms with Crippen LogP contribution in [0, 0.1) is 12.3 Å². The minimum Gasteiger partial charge on any atom is -0.496 e. The molecule has 0 aliphatic carbocycles. The molecule has 0 atom stereocenters. The number of aryl methyl sites for hydroxylation is 1. The van der Waals surface area contributed by atoms with Gasteiger partial charge in [0.05, 0.1) is 33.5 Å². The van der Waals surface area contributed by atoms with E-state index in [1.807, 2.05) is 6.07 Å². The molecule has 1 aromatic carbocycles. The number of methoxy groups -OCH3 is 2. The number of hydrogen-bond acceptors (Lipinski definition) is 12. The highest BCUT2D eigenvalue weighted by atomic mass is 32.2. The number of aromatic nitrogens is 6. The first kappa shape index (κ1) is 30.4. The average Bonchev–Trinajstić information content (AvgIpc) is 3.56. The predicted molar refractivity (Wildman–Crippen MR) is 161 cm³/mol. The summed E-state index contributed by atoms with van der Waals surface area (Å²) in [6, 6.07) is 6.19. The number of ether oxygens (including phenoxy) is 2. The molecular formula is C28H37N9O5S. The molecule has 230 valence electrons. The highest BCUT2D eigenvalue weighted by Crippen LogP contribution is 2.40. The SMILES string of the molecule is CCC.COC(=O)Nc1nc(NCc2noc(C)n2)c2c(cnn2Cc2ccc(CN3CC4(C3)CS(=O)C4)cc2OC)n1. The third-order valence-electron chi connectivity index (χ3n) is 7.00. The van der Waals surface area contributed by atoms with E-state index in [4.69, 9.17) is 9.26 Å². The minimum absolute atomic E-state index is 0.0635. The summed E-state index contributed by atoms with van der Waals surface area (Å²) in [6.45, 7) is 9.40. The molecule has 15 heteroatoms. The van der Waals surface area contributed by atoms with Crippen molar-refractivity contribution >= 4 is 39.7 Å². The van der Waals surface area contributed by atoms with Crippen molar-refractivity contribution in [3.05, 3.63) is 47.2 Å². The fourth-order valence-corrected chi connectivity index (χ4v) is 6.94. The van der Waals surface area contributed by atoms with Gasteiger partial charge in [0.2, 0.25) is 11.8 Å². The van der Waals surface area contributed by atoms with Crippen LogP contribution >= 0.6 is 0 Å². The quantitative estimate of drug-likeness (QED) is 0.284. The van der Waals surface area contributed by atoms with E-state index >= 15 is 0 Å². The van der Waals surface area contributed by atoms with Crippen molar-refractivity contribution in [2.24, 2.45) is 5.41 Å². The molecule has 1 amide bonds. The monoisotopic (exact) mass is 611 g/mol. The smallest absolute Gasteiger partial charge is 0.413 e. The summed E-state index contributed by atoms with van der Waals surface area (Å²) >= 11 is 0. The van der Waals surface area contributed by atoms with Gasteiger partial charge in [-0.2, -0.15) is 15.1 Å². The Morgan fingerprint density at radius 1 is 1.14 bits per heavy atom. The van der Waals surface area contributed by atoms with Crippen molar-refractivity contribution in [2.75, 3.05) is 49.4 Å². The van der Waals surface area contributed by atoms with Gasteiger partial charge in [-0.05, 0) is 11.6 Å². The highest BCUT2D eigenvalue weighted by molar-refractivity contribution is 7.86. The average molecular weight is 612 g/mol. The fourth-order valence-electron chi connectivity index (χ4n) is 5.29. The number of amides is 1. The molecule has 0 bridgehead atoms. The van der Waals surface area contributed by atoms with Crippen LogP contribution in [0.25, 0.3) is 11.0 Å². The molecule has 1 spiro atoms. The van der Waals surface area contributed by atoms with E-state index in [-0.39, 0.29) is 17.9 Å². The standard InChI is InChI=1S/C25H29N9O5S.C3H8/c1-15-28-20(32-39-15)8-26-22-21-18(29-23(30-22)31-24(35)38-3)7-27-34(21)10-17-5-4-16(6-19(17)37-2)9-33-11-25(12-33)13-40(36)14-25;1-3-2/h4-7H,8-14H2,1-3H3,(H2,26,29,30,31,35);3H2,1-2H3. The van der Waals surface area contributed by atoms with Crippen molar-refractivity contribution in [2.45, 2.75) is 46.8 Å². The minimum atomic E-state index is -0.688. The lowest BCUT2D eigenvalue weighted by Crippen LogP contribution is -2.66. The number of carbonyl (C=O) groups excluding carboxylic acids is 1. The molecule has 3 aromatic heterocycles. The Balaban J connectivity index is 0.00000118. The van der Waals surface area contributed by atoms with Gasteiger partial charge in [-0.15, -0.1) is 0 Å². The third kappa shape index (κ3) is 6.94. The van der Waals surface area contributed by atoms with Crippen LogP contribution in [-0.2, 0) is 35.2 Å². The Bertz CT molecular complexity index is 1610. The molecule has 6 rings (SSSR count). The Hall–Kier alpha value is -4.11.